The lowest BCUT2D eigenvalue weighted by molar-refractivity contribution is -0.152. The van der Waals surface area contributed by atoms with Gasteiger partial charge in [0, 0.05) is 31.1 Å². The quantitative estimate of drug-likeness (QED) is 0.176. The molecule has 0 spiro atoms. The number of benzene rings is 2. The Kier molecular flexibility index (Phi) is 8.43. The molecule has 7 atom stereocenters. The predicted molar refractivity (Wildman–Crippen MR) is 185 cm³/mol. The van der Waals surface area contributed by atoms with E-state index in [0.29, 0.717) is 11.7 Å². The van der Waals surface area contributed by atoms with Gasteiger partial charge in [0.25, 0.3) is 0 Å². The molecule has 254 valence electrons. The summed E-state index contributed by atoms with van der Waals surface area (Å²) >= 11 is 1.69. The van der Waals surface area contributed by atoms with Gasteiger partial charge in [-0.15, -0.1) is 11.8 Å². The molecule has 48 heavy (non-hydrogen) atoms. The molecule has 0 amide bonds. The van der Waals surface area contributed by atoms with Gasteiger partial charge in [0.2, 0.25) is 0 Å². The molecule has 0 heterocycles. The minimum atomic E-state index is -0.491. The number of rotatable bonds is 5. The lowest BCUT2D eigenvalue weighted by Gasteiger charge is -2.70. The van der Waals surface area contributed by atoms with E-state index in [1.807, 2.05) is 24.3 Å². The van der Waals surface area contributed by atoms with Crippen molar-refractivity contribution in [2.75, 3.05) is 0 Å². The summed E-state index contributed by atoms with van der Waals surface area (Å²) in [7, 11) is 0. The third-order valence-electron chi connectivity index (χ3n) is 12.8. The van der Waals surface area contributed by atoms with Gasteiger partial charge in [-0.25, -0.2) is 0 Å². The largest absolute Gasteiger partial charge is 0.427 e. The van der Waals surface area contributed by atoms with Crippen LogP contribution in [0.3, 0.4) is 0 Å². The lowest BCUT2D eigenvalue weighted by Crippen LogP contribution is -2.62. The Morgan fingerprint density at radius 1 is 0.792 bits per heavy atom. The zero-order valence-electron chi connectivity index (χ0n) is 29.5. The monoisotopic (exact) mass is 669 g/mol. The SMILES string of the molecule is CC(=O)Oc1ccc(SC2C=C3[C@@](C)(CC[C@@]4(C)[C@@H]5C[C@](C)(C#N)CC[C@]5(C)CC[C@]34C)c3cc(OC(C)=O)c(OC(C)=O)cc32)cc1. The fourth-order valence-corrected chi connectivity index (χ4v) is 11.0. The Bertz CT molecular complexity index is 1760. The summed E-state index contributed by atoms with van der Waals surface area (Å²) in [5.74, 6) is 0.0412. The number of hydrogen-bond donors (Lipinski definition) is 0. The summed E-state index contributed by atoms with van der Waals surface area (Å²) in [6, 6.07) is 14.0. The van der Waals surface area contributed by atoms with E-state index in [1.165, 1.54) is 26.3 Å². The summed E-state index contributed by atoms with van der Waals surface area (Å²) in [5.41, 5.74) is 2.90. The first-order valence-electron chi connectivity index (χ1n) is 17.1. The van der Waals surface area contributed by atoms with Crippen LogP contribution < -0.4 is 14.2 Å². The molecule has 1 unspecified atom stereocenters. The highest BCUT2D eigenvalue weighted by molar-refractivity contribution is 7.99. The van der Waals surface area contributed by atoms with Crippen molar-refractivity contribution in [1.82, 2.24) is 0 Å². The normalized spacial score (nSPS) is 34.9. The van der Waals surface area contributed by atoms with Crippen LogP contribution in [0.25, 0.3) is 0 Å². The van der Waals surface area contributed by atoms with E-state index >= 15 is 0 Å². The molecule has 7 nitrogen and oxygen atoms in total. The minimum absolute atomic E-state index is 0.0152. The number of nitriles is 1. The van der Waals surface area contributed by atoms with Crippen molar-refractivity contribution in [3.8, 4) is 23.3 Å². The maximum absolute atomic E-state index is 12.3. The number of carbonyl (C=O) groups excluding carboxylic acids is 3. The number of ether oxygens (including phenoxy) is 3. The van der Waals surface area contributed by atoms with Gasteiger partial charge in [-0.1, -0.05) is 39.3 Å². The Labute approximate surface area is 288 Å². The molecule has 4 aliphatic rings. The molecular formula is C40H47NO6S. The molecule has 8 heteroatoms. The van der Waals surface area contributed by atoms with E-state index < -0.39 is 11.9 Å². The Hall–Kier alpha value is -3.57. The van der Waals surface area contributed by atoms with Gasteiger partial charge < -0.3 is 14.2 Å². The second-order valence-electron chi connectivity index (χ2n) is 15.9. The topological polar surface area (TPSA) is 103 Å². The lowest BCUT2D eigenvalue weighted by atomic mass is 9.34. The van der Waals surface area contributed by atoms with E-state index in [0.717, 1.165) is 61.0 Å². The number of fused-ring (bicyclic) bond motifs is 7. The first-order chi connectivity index (χ1) is 22.4. The number of allylic oxidation sites excluding steroid dienone is 1. The first kappa shape index (κ1) is 34.3. The maximum Gasteiger partial charge on any atom is 0.308 e. The average molecular weight is 670 g/mol. The van der Waals surface area contributed by atoms with Crippen LogP contribution in [0, 0.1) is 38.9 Å². The molecule has 0 saturated heterocycles. The van der Waals surface area contributed by atoms with Crippen LogP contribution in [-0.2, 0) is 19.8 Å². The summed E-state index contributed by atoms with van der Waals surface area (Å²) in [4.78, 5) is 37.0. The molecule has 0 aliphatic heterocycles. The molecule has 0 N–H and O–H groups in total. The number of esters is 3. The predicted octanol–water partition coefficient (Wildman–Crippen LogP) is 9.43. The van der Waals surface area contributed by atoms with Gasteiger partial charge in [-0.05, 0) is 122 Å². The van der Waals surface area contributed by atoms with E-state index in [2.05, 4.69) is 46.8 Å². The van der Waals surface area contributed by atoms with Crippen LogP contribution in [-0.4, -0.2) is 17.9 Å². The summed E-state index contributed by atoms with van der Waals surface area (Å²) in [6.07, 6.45) is 9.52. The van der Waals surface area contributed by atoms with E-state index in [9.17, 15) is 19.6 Å². The highest BCUT2D eigenvalue weighted by Crippen LogP contribution is 2.75. The highest BCUT2D eigenvalue weighted by atomic mass is 32.2. The van der Waals surface area contributed by atoms with Crippen molar-refractivity contribution in [1.29, 1.82) is 5.26 Å². The molecule has 0 aromatic heterocycles. The van der Waals surface area contributed by atoms with Crippen LogP contribution in [0.4, 0.5) is 0 Å². The Morgan fingerprint density at radius 2 is 1.40 bits per heavy atom. The first-order valence-corrected chi connectivity index (χ1v) is 18.0. The third kappa shape index (κ3) is 5.56. The van der Waals surface area contributed by atoms with Gasteiger partial charge in [0.1, 0.15) is 5.75 Å². The third-order valence-corrected chi connectivity index (χ3v) is 14.0. The number of hydrogen-bond acceptors (Lipinski definition) is 8. The van der Waals surface area contributed by atoms with Crippen molar-refractivity contribution >= 4 is 29.7 Å². The molecular weight excluding hydrogens is 623 g/mol. The zero-order valence-corrected chi connectivity index (χ0v) is 30.3. The molecule has 6 rings (SSSR count). The second-order valence-corrected chi connectivity index (χ2v) is 17.1. The second kappa shape index (κ2) is 11.8. The average Bonchev–Trinajstić information content (AvgIpc) is 3.01. The van der Waals surface area contributed by atoms with Crippen LogP contribution in [0.2, 0.25) is 0 Å². The van der Waals surface area contributed by atoms with E-state index in [-0.39, 0.29) is 49.8 Å². The fourth-order valence-electron chi connectivity index (χ4n) is 9.92. The van der Waals surface area contributed by atoms with Gasteiger partial charge >= 0.3 is 17.9 Å². The Balaban J connectivity index is 1.51. The number of thioether (sulfide) groups is 1. The van der Waals surface area contributed by atoms with Crippen LogP contribution in [0.5, 0.6) is 17.2 Å². The Morgan fingerprint density at radius 3 is 2.00 bits per heavy atom. The van der Waals surface area contributed by atoms with Crippen molar-refractivity contribution in [2.45, 2.75) is 116 Å². The number of carbonyl (C=O) groups is 3. The van der Waals surface area contributed by atoms with Crippen LogP contribution >= 0.6 is 11.8 Å². The molecule has 2 aromatic rings. The molecule has 0 bridgehead atoms. The number of nitrogens with zero attached hydrogens (tertiary/aromatic N) is 1. The summed E-state index contributed by atoms with van der Waals surface area (Å²) < 4.78 is 16.6. The van der Waals surface area contributed by atoms with Crippen LogP contribution in [0.15, 0.2) is 52.9 Å². The van der Waals surface area contributed by atoms with Crippen molar-refractivity contribution in [2.24, 2.45) is 27.6 Å². The van der Waals surface area contributed by atoms with Crippen molar-refractivity contribution in [3.05, 3.63) is 59.2 Å². The molecule has 4 aliphatic carbocycles. The zero-order chi connectivity index (χ0) is 34.9. The van der Waals surface area contributed by atoms with Crippen molar-refractivity contribution < 1.29 is 28.6 Å². The molecule has 3 saturated carbocycles. The van der Waals surface area contributed by atoms with Gasteiger partial charge in [0.05, 0.1) is 16.7 Å². The maximum atomic E-state index is 12.3. The van der Waals surface area contributed by atoms with Gasteiger partial charge in [-0.2, -0.15) is 5.26 Å². The fraction of sp³-hybridized carbons (Fsp3) is 0.550. The van der Waals surface area contributed by atoms with Gasteiger partial charge in [0.15, 0.2) is 11.5 Å². The summed E-state index contributed by atoms with van der Waals surface area (Å²) in [5, 5.41) is 10.1. The summed E-state index contributed by atoms with van der Waals surface area (Å²) in [6.45, 7) is 16.0. The standard InChI is InChI=1S/C40H47NO6S/c1-24(42)45-27-9-11-28(12-10-27)48-33-21-34-38(6,30-20-32(47-26(3)44)31(19-29(30)33)46-25(2)43)16-18-40(8)35-22-36(4,23-41)13-14-37(35,5)15-17-39(34,40)7/h9-12,19-21,33,35H,13-18,22H2,1-8H3/t33?,35-,36-,37-,38+,39-,40+/m1/s1. The minimum Gasteiger partial charge on any atom is -0.427 e. The smallest absolute Gasteiger partial charge is 0.308 e. The molecule has 0 radical (unpaired) electrons. The van der Waals surface area contributed by atoms with E-state index in [4.69, 9.17) is 14.2 Å². The molecule has 3 fully saturated rings. The molecule has 2 aromatic carbocycles. The van der Waals surface area contributed by atoms with Crippen molar-refractivity contribution in [3.63, 3.8) is 0 Å². The highest BCUT2D eigenvalue weighted by Gasteiger charge is 2.66. The van der Waals surface area contributed by atoms with Gasteiger partial charge in [-0.3, -0.25) is 14.4 Å². The van der Waals surface area contributed by atoms with E-state index in [1.54, 1.807) is 23.9 Å². The van der Waals surface area contributed by atoms with Crippen LogP contribution in [0.1, 0.15) is 117 Å².